The number of Topliss-reactive ketones (excluding diaryl/α,β-unsaturated/α-hetero) is 1. The van der Waals surface area contributed by atoms with Gasteiger partial charge in [-0.3, -0.25) is 20.0 Å². The number of nitrogens with one attached hydrogen (secondary N) is 2. The number of anilines is 1. The fourth-order valence-corrected chi connectivity index (χ4v) is 3.32. The van der Waals surface area contributed by atoms with Crippen molar-refractivity contribution in [2.75, 3.05) is 12.4 Å². The Hall–Kier alpha value is -2.52. The quantitative estimate of drug-likeness (QED) is 0.257. The Morgan fingerprint density at radius 3 is 2.54 bits per heavy atom. The van der Waals surface area contributed by atoms with Gasteiger partial charge < -0.3 is 5.32 Å². The molecule has 0 saturated heterocycles. The number of nitrogens with zero attached hydrogens (tertiary/aromatic N) is 2. The van der Waals surface area contributed by atoms with Crippen molar-refractivity contribution in [3.8, 4) is 11.3 Å². The van der Waals surface area contributed by atoms with Gasteiger partial charge in [-0.25, -0.2) is 0 Å². The molecule has 28 heavy (non-hydrogen) atoms. The molecule has 0 aliphatic heterocycles. The van der Waals surface area contributed by atoms with Gasteiger partial charge in [0.05, 0.1) is 15.5 Å². The van der Waals surface area contributed by atoms with Crippen LogP contribution in [0.4, 0.5) is 10.8 Å². The summed E-state index contributed by atoms with van der Waals surface area (Å²) in [5.41, 5.74) is 2.14. The summed E-state index contributed by atoms with van der Waals surface area (Å²) in [6.45, 7) is 2.00. The number of H-pyrrole nitrogens is 1. The van der Waals surface area contributed by atoms with Gasteiger partial charge in [0.25, 0.3) is 0 Å². The maximum absolute atomic E-state index is 11.4. The molecule has 3 rings (SSSR count). The molecule has 2 N–H and O–H groups in total. The summed E-state index contributed by atoms with van der Waals surface area (Å²) in [7, 11) is 1.85. The molecule has 7 nitrogen and oxygen atoms in total. The number of rotatable bonds is 7. The molecule has 1 aromatic carbocycles. The number of ketones is 1. The van der Waals surface area contributed by atoms with Crippen molar-refractivity contribution in [1.29, 1.82) is 0 Å². The van der Waals surface area contributed by atoms with Crippen LogP contribution in [0.5, 0.6) is 0 Å². The summed E-state index contributed by atoms with van der Waals surface area (Å²) < 4.78 is 1.08. The Morgan fingerprint density at radius 1 is 1.29 bits per heavy atom. The SMILES string of the molecule is CCCCC(=O)c1ccc([N+](=O)[O-])s1.CNc1cc(-c2ccc(Br)cc2)[nH]n1. The Labute approximate surface area is 175 Å². The first-order chi connectivity index (χ1) is 13.4. The number of carbonyl (C=O) groups is 1. The molecule has 0 aliphatic carbocycles. The number of unbranched alkanes of at least 4 members (excludes halogenated alkanes) is 1. The number of aromatic nitrogens is 2. The lowest BCUT2D eigenvalue weighted by molar-refractivity contribution is -0.380. The summed E-state index contributed by atoms with van der Waals surface area (Å²) >= 11 is 4.35. The first-order valence-electron chi connectivity index (χ1n) is 8.71. The largest absolute Gasteiger partial charge is 0.372 e. The predicted octanol–water partition coefficient (Wildman–Crippen LogP) is 5.91. The number of hydrogen-bond acceptors (Lipinski definition) is 6. The molecule has 0 spiro atoms. The van der Waals surface area contributed by atoms with Crippen LogP contribution in [-0.4, -0.2) is 28.0 Å². The average Bonchev–Trinajstić information content (AvgIpc) is 3.37. The van der Waals surface area contributed by atoms with Crippen molar-refractivity contribution in [2.24, 2.45) is 0 Å². The number of thiophene rings is 1. The number of nitro groups is 1. The number of benzene rings is 1. The Bertz CT molecular complexity index is 921. The number of aromatic amines is 1. The van der Waals surface area contributed by atoms with Crippen LogP contribution in [0.3, 0.4) is 0 Å². The van der Waals surface area contributed by atoms with E-state index in [1.807, 2.05) is 44.3 Å². The van der Waals surface area contributed by atoms with Gasteiger partial charge in [0.2, 0.25) is 0 Å². The lowest BCUT2D eigenvalue weighted by atomic mass is 10.2. The van der Waals surface area contributed by atoms with E-state index in [2.05, 4.69) is 31.4 Å². The fourth-order valence-electron chi connectivity index (χ4n) is 2.26. The summed E-state index contributed by atoms with van der Waals surface area (Å²) in [5, 5.41) is 20.4. The highest BCUT2D eigenvalue weighted by Gasteiger charge is 2.14. The van der Waals surface area contributed by atoms with Crippen LogP contribution in [0.25, 0.3) is 11.3 Å². The third-order valence-electron chi connectivity index (χ3n) is 3.79. The molecule has 0 unspecified atom stereocenters. The van der Waals surface area contributed by atoms with Gasteiger partial charge in [-0.15, -0.1) is 0 Å². The summed E-state index contributed by atoms with van der Waals surface area (Å²) in [6.07, 6.45) is 2.28. The summed E-state index contributed by atoms with van der Waals surface area (Å²) in [5.74, 6) is 0.855. The Kier molecular flexibility index (Phi) is 8.34. The molecule has 2 heterocycles. The highest BCUT2D eigenvalue weighted by molar-refractivity contribution is 9.10. The maximum atomic E-state index is 11.4. The molecule has 0 amide bonds. The van der Waals surface area contributed by atoms with Gasteiger partial charge in [0.1, 0.15) is 5.82 Å². The summed E-state index contributed by atoms with van der Waals surface area (Å²) in [4.78, 5) is 21.8. The molecular formula is C19H21BrN4O3S. The monoisotopic (exact) mass is 464 g/mol. The number of hydrogen-bond donors (Lipinski definition) is 2. The van der Waals surface area contributed by atoms with Gasteiger partial charge in [-0.05, 0) is 30.2 Å². The second-order valence-corrected chi connectivity index (χ2v) is 7.82. The van der Waals surface area contributed by atoms with Crippen molar-refractivity contribution in [2.45, 2.75) is 26.2 Å². The van der Waals surface area contributed by atoms with E-state index in [9.17, 15) is 14.9 Å². The lowest BCUT2D eigenvalue weighted by Gasteiger charge is -1.96. The van der Waals surface area contributed by atoms with E-state index in [1.54, 1.807) is 0 Å². The highest BCUT2D eigenvalue weighted by Crippen LogP contribution is 2.25. The van der Waals surface area contributed by atoms with Gasteiger partial charge in [0, 0.05) is 30.1 Å². The van der Waals surface area contributed by atoms with E-state index in [4.69, 9.17) is 0 Å². The molecule has 9 heteroatoms. The van der Waals surface area contributed by atoms with Crippen LogP contribution in [0.2, 0.25) is 0 Å². The van der Waals surface area contributed by atoms with Crippen LogP contribution in [0.15, 0.2) is 46.9 Å². The highest BCUT2D eigenvalue weighted by atomic mass is 79.9. The van der Waals surface area contributed by atoms with Crippen molar-refractivity contribution < 1.29 is 9.72 Å². The number of halogens is 1. The van der Waals surface area contributed by atoms with E-state index in [-0.39, 0.29) is 10.8 Å². The molecule has 0 atom stereocenters. The van der Waals surface area contributed by atoms with E-state index in [0.717, 1.165) is 45.7 Å². The molecule has 0 fully saturated rings. The molecular weight excluding hydrogens is 444 g/mol. The van der Waals surface area contributed by atoms with Gasteiger partial charge >= 0.3 is 5.00 Å². The zero-order valence-electron chi connectivity index (χ0n) is 15.6. The van der Waals surface area contributed by atoms with Crippen LogP contribution in [0.1, 0.15) is 35.9 Å². The van der Waals surface area contributed by atoms with Crippen molar-refractivity contribution >= 4 is 43.9 Å². The minimum absolute atomic E-state index is 0.00458. The van der Waals surface area contributed by atoms with E-state index in [1.165, 1.54) is 12.1 Å². The predicted molar refractivity (Wildman–Crippen MR) is 116 cm³/mol. The minimum Gasteiger partial charge on any atom is -0.372 e. The smallest absolute Gasteiger partial charge is 0.324 e. The third-order valence-corrected chi connectivity index (χ3v) is 5.40. The summed E-state index contributed by atoms with van der Waals surface area (Å²) in [6, 6.07) is 13.0. The second-order valence-electron chi connectivity index (χ2n) is 5.85. The Morgan fingerprint density at radius 2 is 2.00 bits per heavy atom. The van der Waals surface area contributed by atoms with E-state index < -0.39 is 4.92 Å². The zero-order valence-corrected chi connectivity index (χ0v) is 18.0. The minimum atomic E-state index is -0.471. The van der Waals surface area contributed by atoms with Crippen LogP contribution in [-0.2, 0) is 0 Å². The normalized spacial score (nSPS) is 10.1. The first kappa shape index (κ1) is 21.8. The molecule has 148 valence electrons. The lowest BCUT2D eigenvalue weighted by Crippen LogP contribution is -1.94. The Balaban J connectivity index is 0.000000200. The molecule has 0 radical (unpaired) electrons. The fraction of sp³-hybridized carbons (Fsp3) is 0.263. The van der Waals surface area contributed by atoms with Crippen LogP contribution >= 0.6 is 27.3 Å². The van der Waals surface area contributed by atoms with Crippen molar-refractivity contribution in [3.63, 3.8) is 0 Å². The standard InChI is InChI=1S/C10H10BrN3.C9H11NO3S/c1-12-10-6-9(13-14-10)7-2-4-8(11)5-3-7;1-2-3-4-7(11)8-5-6-9(14-8)10(12)13/h2-6H,1H3,(H2,12,13,14);5-6H,2-4H2,1H3. The van der Waals surface area contributed by atoms with E-state index in [0.29, 0.717) is 11.3 Å². The second kappa shape index (κ2) is 10.7. The number of carbonyl (C=O) groups excluding carboxylic acids is 1. The first-order valence-corrected chi connectivity index (χ1v) is 10.3. The van der Waals surface area contributed by atoms with Crippen molar-refractivity contribution in [3.05, 3.63) is 61.9 Å². The van der Waals surface area contributed by atoms with Gasteiger partial charge in [0.15, 0.2) is 5.78 Å². The average molecular weight is 465 g/mol. The van der Waals surface area contributed by atoms with Gasteiger partial charge in [-0.1, -0.05) is 52.7 Å². The van der Waals surface area contributed by atoms with Crippen LogP contribution < -0.4 is 5.32 Å². The topological polar surface area (TPSA) is 101 Å². The van der Waals surface area contributed by atoms with Crippen LogP contribution in [0, 0.1) is 10.1 Å². The molecule has 0 bridgehead atoms. The van der Waals surface area contributed by atoms with E-state index >= 15 is 0 Å². The zero-order chi connectivity index (χ0) is 20.5. The van der Waals surface area contributed by atoms with Gasteiger partial charge in [-0.2, -0.15) is 5.10 Å². The molecule has 3 aromatic rings. The third kappa shape index (κ3) is 6.28. The molecule has 0 saturated carbocycles. The maximum Gasteiger partial charge on any atom is 0.324 e. The molecule has 0 aliphatic rings. The van der Waals surface area contributed by atoms with Crippen molar-refractivity contribution in [1.82, 2.24) is 10.2 Å². The molecule has 2 aromatic heterocycles.